The second-order valence-corrected chi connectivity index (χ2v) is 2.45. The summed E-state index contributed by atoms with van der Waals surface area (Å²) in [6, 6.07) is 3.37. The van der Waals surface area contributed by atoms with E-state index in [9.17, 15) is 4.79 Å². The average molecular weight is 166 g/mol. The molecule has 0 aliphatic carbocycles. The highest BCUT2D eigenvalue weighted by Gasteiger charge is 2.06. The third-order valence-corrected chi connectivity index (χ3v) is 1.55. The third kappa shape index (κ3) is 2.23. The maximum atomic E-state index is 10.3. The topological polar surface area (TPSA) is 62.2 Å². The van der Waals surface area contributed by atoms with Gasteiger partial charge >= 0.3 is 6.09 Å². The number of aromatic nitrogens is 1. The predicted molar refractivity (Wildman–Crippen MR) is 43.8 cm³/mol. The van der Waals surface area contributed by atoms with Gasteiger partial charge in [-0.2, -0.15) is 0 Å². The van der Waals surface area contributed by atoms with E-state index in [2.05, 4.69) is 10.3 Å². The highest BCUT2D eigenvalue weighted by atomic mass is 16.4. The molecule has 1 aromatic heterocycles. The number of hydrogen-bond acceptors (Lipinski definition) is 2. The van der Waals surface area contributed by atoms with Crippen LogP contribution in [0.5, 0.6) is 0 Å². The van der Waals surface area contributed by atoms with Gasteiger partial charge in [-0.25, -0.2) is 4.79 Å². The van der Waals surface area contributed by atoms with Crippen molar-refractivity contribution >= 4 is 6.09 Å². The van der Waals surface area contributed by atoms with Crippen LogP contribution in [-0.2, 0) is 0 Å². The largest absolute Gasteiger partial charge is 0.465 e. The van der Waals surface area contributed by atoms with E-state index < -0.39 is 6.09 Å². The zero-order chi connectivity index (χ0) is 8.97. The fraction of sp³-hybridized carbons (Fsp3) is 0.250. The Morgan fingerprint density at radius 1 is 1.58 bits per heavy atom. The molecule has 0 spiro atoms. The first-order valence-corrected chi connectivity index (χ1v) is 3.59. The predicted octanol–water partition coefficient (Wildman–Crippen LogP) is 1.41. The van der Waals surface area contributed by atoms with Gasteiger partial charge in [0, 0.05) is 12.4 Å². The summed E-state index contributed by atoms with van der Waals surface area (Å²) in [6.45, 7) is 1.78. The molecule has 1 aromatic rings. The molecule has 0 radical (unpaired) electrons. The molecule has 2 N–H and O–H groups in total. The van der Waals surface area contributed by atoms with E-state index in [0.29, 0.717) is 0 Å². The molecule has 0 aliphatic heterocycles. The molecule has 1 heterocycles. The Balaban J connectivity index is 2.65. The fourth-order valence-corrected chi connectivity index (χ4v) is 0.921. The summed E-state index contributed by atoms with van der Waals surface area (Å²) >= 11 is 0. The maximum Gasteiger partial charge on any atom is 0.405 e. The molecular formula is C8H10N2O2. The van der Waals surface area contributed by atoms with Gasteiger partial charge < -0.3 is 10.4 Å². The Kier molecular flexibility index (Phi) is 2.63. The van der Waals surface area contributed by atoms with Crippen LogP contribution in [0, 0.1) is 0 Å². The van der Waals surface area contributed by atoms with Crippen LogP contribution in [0.15, 0.2) is 24.5 Å². The number of carboxylic acid groups (broad SMARTS) is 1. The van der Waals surface area contributed by atoms with Crippen molar-refractivity contribution in [1.29, 1.82) is 0 Å². The molecule has 0 aliphatic rings. The van der Waals surface area contributed by atoms with Crippen molar-refractivity contribution in [2.45, 2.75) is 13.0 Å². The van der Waals surface area contributed by atoms with E-state index in [1.165, 1.54) is 0 Å². The van der Waals surface area contributed by atoms with E-state index in [1.54, 1.807) is 31.5 Å². The smallest absolute Gasteiger partial charge is 0.405 e. The van der Waals surface area contributed by atoms with Crippen LogP contribution in [0.25, 0.3) is 0 Å². The normalized spacial score (nSPS) is 12.1. The molecule has 1 rings (SSSR count). The lowest BCUT2D eigenvalue weighted by molar-refractivity contribution is 0.191. The van der Waals surface area contributed by atoms with Gasteiger partial charge in [-0.3, -0.25) is 4.98 Å². The molecule has 12 heavy (non-hydrogen) atoms. The summed E-state index contributed by atoms with van der Waals surface area (Å²) in [5.41, 5.74) is 0.910. The van der Waals surface area contributed by atoms with Crippen molar-refractivity contribution in [1.82, 2.24) is 10.3 Å². The van der Waals surface area contributed by atoms with E-state index in [-0.39, 0.29) is 6.04 Å². The average Bonchev–Trinajstić information content (AvgIpc) is 2.05. The molecule has 64 valence electrons. The van der Waals surface area contributed by atoms with Crippen molar-refractivity contribution < 1.29 is 9.90 Å². The maximum absolute atomic E-state index is 10.3. The van der Waals surface area contributed by atoms with Gasteiger partial charge in [0.1, 0.15) is 0 Å². The molecule has 0 saturated heterocycles. The van der Waals surface area contributed by atoms with Crippen molar-refractivity contribution in [2.75, 3.05) is 0 Å². The highest BCUT2D eigenvalue weighted by Crippen LogP contribution is 2.09. The van der Waals surface area contributed by atoms with Crippen LogP contribution < -0.4 is 5.32 Å². The SMILES string of the molecule is CC(NC(=O)O)c1ccncc1. The fourth-order valence-electron chi connectivity index (χ4n) is 0.921. The standard InChI is InChI=1S/C8H10N2O2/c1-6(10-8(11)12)7-2-4-9-5-3-7/h2-6,10H,1H3,(H,11,12). The van der Waals surface area contributed by atoms with Crippen LogP contribution in [0.1, 0.15) is 18.5 Å². The molecule has 4 nitrogen and oxygen atoms in total. The van der Waals surface area contributed by atoms with Gasteiger partial charge in [0.05, 0.1) is 6.04 Å². The first kappa shape index (κ1) is 8.52. The monoisotopic (exact) mass is 166 g/mol. The van der Waals surface area contributed by atoms with Crippen molar-refractivity contribution in [2.24, 2.45) is 0 Å². The Labute approximate surface area is 70.3 Å². The van der Waals surface area contributed by atoms with Crippen LogP contribution in [0.3, 0.4) is 0 Å². The molecular weight excluding hydrogens is 156 g/mol. The Morgan fingerprint density at radius 2 is 2.17 bits per heavy atom. The third-order valence-electron chi connectivity index (χ3n) is 1.55. The number of carbonyl (C=O) groups is 1. The second-order valence-electron chi connectivity index (χ2n) is 2.45. The lowest BCUT2D eigenvalue weighted by Crippen LogP contribution is -2.24. The minimum Gasteiger partial charge on any atom is -0.465 e. The summed E-state index contributed by atoms with van der Waals surface area (Å²) in [7, 11) is 0. The summed E-state index contributed by atoms with van der Waals surface area (Å²) in [4.78, 5) is 14.1. The summed E-state index contributed by atoms with van der Waals surface area (Å²) in [6.07, 6.45) is 2.25. The minimum atomic E-state index is -1.01. The van der Waals surface area contributed by atoms with Crippen LogP contribution in [0.4, 0.5) is 4.79 Å². The molecule has 1 atom stereocenters. The first-order valence-electron chi connectivity index (χ1n) is 3.59. The zero-order valence-electron chi connectivity index (χ0n) is 6.69. The minimum absolute atomic E-state index is 0.189. The Morgan fingerprint density at radius 3 is 2.67 bits per heavy atom. The van der Waals surface area contributed by atoms with Gasteiger partial charge in [-0.05, 0) is 24.6 Å². The van der Waals surface area contributed by atoms with E-state index in [1.807, 2.05) is 0 Å². The van der Waals surface area contributed by atoms with E-state index in [4.69, 9.17) is 5.11 Å². The van der Waals surface area contributed by atoms with Crippen LogP contribution in [-0.4, -0.2) is 16.2 Å². The van der Waals surface area contributed by atoms with Crippen molar-refractivity contribution in [3.05, 3.63) is 30.1 Å². The molecule has 0 aromatic carbocycles. The first-order chi connectivity index (χ1) is 5.70. The number of nitrogens with one attached hydrogen (secondary N) is 1. The highest BCUT2D eigenvalue weighted by molar-refractivity contribution is 5.65. The summed E-state index contributed by atoms with van der Waals surface area (Å²) in [5, 5.41) is 10.8. The molecule has 0 fully saturated rings. The van der Waals surface area contributed by atoms with Crippen LogP contribution >= 0.6 is 0 Å². The molecule has 1 unspecified atom stereocenters. The molecule has 1 amide bonds. The summed E-state index contributed by atoms with van der Waals surface area (Å²) in [5.74, 6) is 0. The van der Waals surface area contributed by atoms with Gasteiger partial charge in [0.2, 0.25) is 0 Å². The van der Waals surface area contributed by atoms with E-state index >= 15 is 0 Å². The molecule has 0 bridgehead atoms. The Hall–Kier alpha value is -1.58. The Bertz CT molecular complexity index is 261. The van der Waals surface area contributed by atoms with Crippen molar-refractivity contribution in [3.8, 4) is 0 Å². The number of rotatable bonds is 2. The molecule has 0 saturated carbocycles. The van der Waals surface area contributed by atoms with Crippen molar-refractivity contribution in [3.63, 3.8) is 0 Å². The number of pyridine rings is 1. The molecule has 4 heteroatoms. The van der Waals surface area contributed by atoms with Gasteiger partial charge in [0.25, 0.3) is 0 Å². The summed E-state index contributed by atoms with van der Waals surface area (Å²) < 4.78 is 0. The van der Waals surface area contributed by atoms with E-state index in [0.717, 1.165) is 5.56 Å². The van der Waals surface area contributed by atoms with Gasteiger partial charge in [-0.15, -0.1) is 0 Å². The van der Waals surface area contributed by atoms with Gasteiger partial charge in [-0.1, -0.05) is 0 Å². The lowest BCUT2D eigenvalue weighted by Gasteiger charge is -2.10. The zero-order valence-corrected chi connectivity index (χ0v) is 6.69. The number of nitrogens with zero attached hydrogens (tertiary/aromatic N) is 1. The lowest BCUT2D eigenvalue weighted by atomic mass is 10.1. The quantitative estimate of drug-likeness (QED) is 0.698. The van der Waals surface area contributed by atoms with Crippen LogP contribution in [0.2, 0.25) is 0 Å². The number of hydrogen-bond donors (Lipinski definition) is 2. The number of amides is 1. The van der Waals surface area contributed by atoms with Gasteiger partial charge in [0.15, 0.2) is 0 Å². The second kappa shape index (κ2) is 3.71.